The van der Waals surface area contributed by atoms with E-state index in [0.29, 0.717) is 12.1 Å². The van der Waals surface area contributed by atoms with Crippen molar-refractivity contribution in [2.45, 2.75) is 18.5 Å². The van der Waals surface area contributed by atoms with Crippen LogP contribution in [0.4, 0.5) is 14.5 Å². The number of anilines is 1. The number of halogens is 2. The highest BCUT2D eigenvalue weighted by Gasteiger charge is 2.35. The number of amides is 2. The molecule has 0 saturated carbocycles. The molecule has 4 aromatic rings. The van der Waals surface area contributed by atoms with Gasteiger partial charge in [-0.05, 0) is 35.7 Å². The van der Waals surface area contributed by atoms with Gasteiger partial charge in [0, 0.05) is 29.5 Å². The molecule has 1 aliphatic carbocycles. The van der Waals surface area contributed by atoms with Crippen molar-refractivity contribution >= 4 is 28.4 Å². The molecule has 7 nitrogen and oxygen atoms in total. The molecule has 2 atom stereocenters. The van der Waals surface area contributed by atoms with Gasteiger partial charge in [-0.15, -0.1) is 0 Å². The van der Waals surface area contributed by atoms with Crippen molar-refractivity contribution in [1.29, 1.82) is 0 Å². The standard InChI is InChI=1S/C24H19F2N5O2/c25-13-8-17(26)15-10-21(29-19(15)9-13)24(33)30-20-7-12-3-1-2-4-14(12)22(20)31-23(32)16-11-28-6-5-18(16)27/h1-6,8-11,20,22,29H,7H2,(H2,27,28)(H,30,33)(H,31,32)/t20-,22-/m0/s1. The maximum Gasteiger partial charge on any atom is 0.268 e. The first-order valence-electron chi connectivity index (χ1n) is 10.3. The second-order valence-electron chi connectivity index (χ2n) is 7.93. The Bertz CT molecular complexity index is 1400. The third-order valence-electron chi connectivity index (χ3n) is 5.83. The molecule has 2 heterocycles. The molecule has 0 aliphatic heterocycles. The van der Waals surface area contributed by atoms with Crippen LogP contribution in [0, 0.1) is 11.6 Å². The lowest BCUT2D eigenvalue weighted by atomic mass is 10.1. The van der Waals surface area contributed by atoms with Crippen molar-refractivity contribution < 1.29 is 18.4 Å². The van der Waals surface area contributed by atoms with Gasteiger partial charge in [-0.2, -0.15) is 0 Å². The number of hydrogen-bond acceptors (Lipinski definition) is 4. The van der Waals surface area contributed by atoms with E-state index in [1.807, 2.05) is 24.3 Å². The van der Waals surface area contributed by atoms with Crippen LogP contribution in [0.5, 0.6) is 0 Å². The summed E-state index contributed by atoms with van der Waals surface area (Å²) in [4.78, 5) is 32.6. The smallest absolute Gasteiger partial charge is 0.268 e. The lowest BCUT2D eigenvalue weighted by Crippen LogP contribution is -2.44. The Balaban J connectivity index is 1.42. The SMILES string of the molecule is Nc1ccncc1C(=O)N[C@H]1c2ccccc2C[C@@H]1NC(=O)c1cc2c(F)cc(F)cc2[nH]1. The Morgan fingerprint density at radius 2 is 1.88 bits per heavy atom. The molecule has 2 aromatic carbocycles. The zero-order valence-electron chi connectivity index (χ0n) is 17.2. The minimum atomic E-state index is -0.757. The number of pyridine rings is 1. The van der Waals surface area contributed by atoms with E-state index in [0.717, 1.165) is 23.3 Å². The summed E-state index contributed by atoms with van der Waals surface area (Å²) in [6.07, 6.45) is 3.37. The molecule has 2 aromatic heterocycles. The molecule has 1 aliphatic rings. The number of nitrogens with two attached hydrogens (primary N) is 1. The van der Waals surface area contributed by atoms with E-state index in [-0.39, 0.29) is 22.2 Å². The van der Waals surface area contributed by atoms with Crippen molar-refractivity contribution in [2.24, 2.45) is 0 Å². The number of nitrogens with one attached hydrogen (secondary N) is 3. The molecule has 0 fully saturated rings. The number of aromatic amines is 1. The lowest BCUT2D eigenvalue weighted by Gasteiger charge is -2.23. The van der Waals surface area contributed by atoms with Crippen molar-refractivity contribution in [3.63, 3.8) is 0 Å². The first kappa shape index (κ1) is 20.6. The molecule has 5 rings (SSSR count). The fourth-order valence-electron chi connectivity index (χ4n) is 4.25. The number of H-pyrrole nitrogens is 1. The van der Waals surface area contributed by atoms with E-state index in [4.69, 9.17) is 5.73 Å². The maximum absolute atomic E-state index is 14.1. The Kier molecular flexibility index (Phi) is 5.01. The number of carbonyl (C=O) groups excluding carboxylic acids is 2. The Morgan fingerprint density at radius 3 is 2.70 bits per heavy atom. The molecular formula is C24H19F2N5O2. The topological polar surface area (TPSA) is 113 Å². The summed E-state index contributed by atoms with van der Waals surface area (Å²) in [7, 11) is 0. The summed E-state index contributed by atoms with van der Waals surface area (Å²) < 4.78 is 27.6. The minimum absolute atomic E-state index is 0.0898. The van der Waals surface area contributed by atoms with Gasteiger partial charge in [-0.1, -0.05) is 24.3 Å². The number of hydrogen-bond donors (Lipinski definition) is 4. The van der Waals surface area contributed by atoms with Crippen molar-refractivity contribution in [3.05, 3.63) is 94.9 Å². The van der Waals surface area contributed by atoms with Gasteiger partial charge >= 0.3 is 0 Å². The quantitative estimate of drug-likeness (QED) is 0.385. The van der Waals surface area contributed by atoms with Crippen LogP contribution in [0.2, 0.25) is 0 Å². The predicted octanol–water partition coefficient (Wildman–Crippen LogP) is 3.25. The van der Waals surface area contributed by atoms with Crippen LogP contribution in [0.25, 0.3) is 10.9 Å². The van der Waals surface area contributed by atoms with Crippen molar-refractivity contribution in [3.8, 4) is 0 Å². The molecule has 0 saturated heterocycles. The monoisotopic (exact) mass is 447 g/mol. The van der Waals surface area contributed by atoms with Crippen LogP contribution in [-0.2, 0) is 6.42 Å². The Hall–Kier alpha value is -4.27. The summed E-state index contributed by atoms with van der Waals surface area (Å²) in [5, 5.41) is 5.98. The van der Waals surface area contributed by atoms with E-state index in [1.165, 1.54) is 24.5 Å². The van der Waals surface area contributed by atoms with Crippen LogP contribution in [0.3, 0.4) is 0 Å². The highest BCUT2D eigenvalue weighted by Crippen LogP contribution is 2.32. The number of rotatable bonds is 4. The third kappa shape index (κ3) is 3.78. The average Bonchev–Trinajstić information content (AvgIpc) is 3.36. The number of nitrogen functional groups attached to an aromatic ring is 1. The first-order chi connectivity index (χ1) is 15.9. The molecular weight excluding hydrogens is 428 g/mol. The van der Waals surface area contributed by atoms with Crippen LogP contribution >= 0.6 is 0 Å². The van der Waals surface area contributed by atoms with Gasteiger partial charge in [0.2, 0.25) is 0 Å². The number of nitrogens with zero attached hydrogens (tertiary/aromatic N) is 1. The van der Waals surface area contributed by atoms with E-state index < -0.39 is 35.5 Å². The number of aromatic nitrogens is 2. The van der Waals surface area contributed by atoms with Crippen LogP contribution < -0.4 is 16.4 Å². The summed E-state index contributed by atoms with van der Waals surface area (Å²) in [6.45, 7) is 0. The van der Waals surface area contributed by atoms with Gasteiger partial charge in [-0.3, -0.25) is 14.6 Å². The van der Waals surface area contributed by atoms with Crippen LogP contribution in [0.1, 0.15) is 38.0 Å². The van der Waals surface area contributed by atoms with E-state index >= 15 is 0 Å². The highest BCUT2D eigenvalue weighted by atomic mass is 19.1. The van der Waals surface area contributed by atoms with Crippen molar-refractivity contribution in [2.75, 3.05) is 5.73 Å². The highest BCUT2D eigenvalue weighted by molar-refractivity contribution is 6.00. The second-order valence-corrected chi connectivity index (χ2v) is 7.93. The average molecular weight is 447 g/mol. The number of benzene rings is 2. The summed E-state index contributed by atoms with van der Waals surface area (Å²) in [6, 6.07) is 11.3. The largest absolute Gasteiger partial charge is 0.398 e. The molecule has 5 N–H and O–H groups in total. The molecule has 0 radical (unpaired) electrons. The van der Waals surface area contributed by atoms with E-state index in [1.54, 1.807) is 0 Å². The molecule has 0 unspecified atom stereocenters. The van der Waals surface area contributed by atoms with E-state index in [2.05, 4.69) is 20.6 Å². The van der Waals surface area contributed by atoms with Gasteiger partial charge in [-0.25, -0.2) is 8.78 Å². The zero-order valence-corrected chi connectivity index (χ0v) is 17.2. The first-order valence-corrected chi connectivity index (χ1v) is 10.3. The number of carbonyl (C=O) groups is 2. The Labute approximate surface area is 187 Å². The Morgan fingerprint density at radius 1 is 1.06 bits per heavy atom. The maximum atomic E-state index is 14.1. The molecule has 33 heavy (non-hydrogen) atoms. The normalized spacial score (nSPS) is 17.0. The van der Waals surface area contributed by atoms with Gasteiger partial charge in [0.15, 0.2) is 0 Å². The summed E-state index contributed by atoms with van der Waals surface area (Å²) >= 11 is 0. The third-order valence-corrected chi connectivity index (χ3v) is 5.83. The fraction of sp³-hybridized carbons (Fsp3) is 0.125. The minimum Gasteiger partial charge on any atom is -0.398 e. The van der Waals surface area contributed by atoms with Gasteiger partial charge < -0.3 is 21.4 Å². The van der Waals surface area contributed by atoms with Crippen LogP contribution in [0.15, 0.2) is 60.9 Å². The molecule has 0 spiro atoms. The van der Waals surface area contributed by atoms with Crippen LogP contribution in [-0.4, -0.2) is 27.8 Å². The lowest BCUT2D eigenvalue weighted by molar-refractivity contribution is 0.0886. The van der Waals surface area contributed by atoms with Gasteiger partial charge in [0.25, 0.3) is 11.8 Å². The van der Waals surface area contributed by atoms with Gasteiger partial charge in [0.1, 0.15) is 17.3 Å². The zero-order chi connectivity index (χ0) is 23.1. The van der Waals surface area contributed by atoms with E-state index in [9.17, 15) is 18.4 Å². The fourth-order valence-corrected chi connectivity index (χ4v) is 4.25. The van der Waals surface area contributed by atoms with Crippen molar-refractivity contribution in [1.82, 2.24) is 20.6 Å². The molecule has 9 heteroatoms. The number of fused-ring (bicyclic) bond motifs is 2. The molecule has 0 bridgehead atoms. The summed E-state index contributed by atoms with van der Waals surface area (Å²) in [5.74, 6) is -2.40. The second kappa shape index (κ2) is 8.01. The molecule has 2 amide bonds. The predicted molar refractivity (Wildman–Crippen MR) is 118 cm³/mol. The summed E-state index contributed by atoms with van der Waals surface area (Å²) in [5.41, 5.74) is 8.57. The molecule has 166 valence electrons. The van der Waals surface area contributed by atoms with Gasteiger partial charge in [0.05, 0.1) is 23.2 Å².